The van der Waals surface area contributed by atoms with Gasteiger partial charge in [0.05, 0.1) is 30.8 Å². The van der Waals surface area contributed by atoms with E-state index >= 15 is 0 Å². The number of rotatable bonds is 11. The molecule has 3 aromatic rings. The Morgan fingerprint density at radius 1 is 0.943 bits per heavy atom. The fourth-order valence-electron chi connectivity index (χ4n) is 3.36. The third kappa shape index (κ3) is 6.66. The molecule has 0 saturated carbocycles. The highest BCUT2D eigenvalue weighted by Gasteiger charge is 2.28. The number of aryl methyl sites for hydroxylation is 1. The van der Waals surface area contributed by atoms with Crippen molar-refractivity contribution in [2.24, 2.45) is 0 Å². The molecule has 1 N–H and O–H groups in total. The van der Waals surface area contributed by atoms with Gasteiger partial charge in [-0.15, -0.1) is 0 Å². The fraction of sp³-hybridized carbons (Fsp3) is 0.269. The third-order valence-electron chi connectivity index (χ3n) is 5.20. The summed E-state index contributed by atoms with van der Waals surface area (Å²) in [5.41, 5.74) is 1.48. The van der Waals surface area contributed by atoms with Crippen molar-refractivity contribution in [1.29, 1.82) is 0 Å². The van der Waals surface area contributed by atoms with Crippen molar-refractivity contribution < 1.29 is 27.4 Å². The number of hydrogen-bond acceptors (Lipinski definition) is 6. The molecule has 0 spiro atoms. The number of ether oxygens (including phenoxy) is 3. The quantitative estimate of drug-likeness (QED) is 0.432. The number of amides is 1. The van der Waals surface area contributed by atoms with Crippen LogP contribution in [0.2, 0.25) is 0 Å². The minimum absolute atomic E-state index is 0.0254. The first kappa shape index (κ1) is 25.9. The monoisotopic (exact) mass is 498 g/mol. The van der Waals surface area contributed by atoms with Gasteiger partial charge in [-0.25, -0.2) is 8.42 Å². The smallest absolute Gasteiger partial charge is 0.264 e. The van der Waals surface area contributed by atoms with Crippen LogP contribution in [0.1, 0.15) is 12.5 Å². The molecule has 3 rings (SSSR count). The van der Waals surface area contributed by atoms with Crippen molar-refractivity contribution in [1.82, 2.24) is 5.32 Å². The normalized spacial score (nSPS) is 11.9. The minimum Gasteiger partial charge on any atom is -0.493 e. The van der Waals surface area contributed by atoms with Gasteiger partial charge in [0, 0.05) is 6.07 Å². The Morgan fingerprint density at radius 3 is 2.23 bits per heavy atom. The SMILES string of the molecule is COc1ccc(S(=O)(=O)N(CC(=O)NC(C)COc2ccc(C)cc2)c2ccccc2)cc1OC. The first-order valence-corrected chi connectivity index (χ1v) is 12.5. The second-order valence-corrected chi connectivity index (χ2v) is 9.82. The van der Waals surface area contributed by atoms with Gasteiger partial charge >= 0.3 is 0 Å². The highest BCUT2D eigenvalue weighted by atomic mass is 32.2. The second-order valence-electron chi connectivity index (χ2n) is 7.96. The molecule has 0 heterocycles. The highest BCUT2D eigenvalue weighted by molar-refractivity contribution is 7.92. The van der Waals surface area contributed by atoms with E-state index in [0.717, 1.165) is 9.87 Å². The van der Waals surface area contributed by atoms with Crippen molar-refractivity contribution in [3.8, 4) is 17.2 Å². The molecule has 1 atom stereocenters. The lowest BCUT2D eigenvalue weighted by Crippen LogP contribution is -2.45. The molecule has 0 fully saturated rings. The standard InChI is InChI=1S/C26H30N2O6S/c1-19-10-12-22(13-11-19)34-18-20(2)27-26(29)17-28(21-8-6-5-7-9-21)35(30,31)23-14-15-24(32-3)25(16-23)33-4/h5-16,20H,17-18H2,1-4H3,(H,27,29). The van der Waals surface area contributed by atoms with E-state index in [1.807, 2.05) is 31.2 Å². The van der Waals surface area contributed by atoms with E-state index in [1.54, 1.807) is 37.3 Å². The molecule has 8 nitrogen and oxygen atoms in total. The average molecular weight is 499 g/mol. The molecule has 0 aliphatic carbocycles. The maximum absolute atomic E-state index is 13.6. The molecule has 0 radical (unpaired) electrons. The number of nitrogens with zero attached hydrogens (tertiary/aromatic N) is 1. The fourth-order valence-corrected chi connectivity index (χ4v) is 4.80. The Kier molecular flexibility index (Phi) is 8.59. The van der Waals surface area contributed by atoms with Gasteiger partial charge in [0.1, 0.15) is 18.9 Å². The summed E-state index contributed by atoms with van der Waals surface area (Å²) in [5, 5.41) is 2.81. The van der Waals surface area contributed by atoms with E-state index < -0.39 is 22.5 Å². The Balaban J connectivity index is 1.77. The van der Waals surface area contributed by atoms with Gasteiger partial charge in [-0.3, -0.25) is 9.10 Å². The molecule has 0 aliphatic heterocycles. The van der Waals surface area contributed by atoms with E-state index in [4.69, 9.17) is 14.2 Å². The van der Waals surface area contributed by atoms with Gasteiger partial charge in [0.15, 0.2) is 11.5 Å². The maximum atomic E-state index is 13.6. The van der Waals surface area contributed by atoms with Gasteiger partial charge in [-0.2, -0.15) is 0 Å². The van der Waals surface area contributed by atoms with E-state index in [-0.39, 0.29) is 23.3 Å². The Labute approximate surface area is 206 Å². The summed E-state index contributed by atoms with van der Waals surface area (Å²) in [6.07, 6.45) is 0. The zero-order valence-corrected chi connectivity index (χ0v) is 21.0. The predicted octanol–water partition coefficient (Wildman–Crippen LogP) is 3.79. The summed E-state index contributed by atoms with van der Waals surface area (Å²) >= 11 is 0. The number of methoxy groups -OCH3 is 2. The molecule has 0 aliphatic rings. The van der Waals surface area contributed by atoms with E-state index in [0.29, 0.717) is 17.2 Å². The van der Waals surface area contributed by atoms with Crippen LogP contribution in [0.3, 0.4) is 0 Å². The molecule has 186 valence electrons. The summed E-state index contributed by atoms with van der Waals surface area (Å²) in [6, 6.07) is 20.0. The first-order valence-electron chi connectivity index (χ1n) is 11.0. The summed E-state index contributed by atoms with van der Waals surface area (Å²) in [6.45, 7) is 3.61. The van der Waals surface area contributed by atoms with E-state index in [9.17, 15) is 13.2 Å². The van der Waals surface area contributed by atoms with Crippen LogP contribution in [0.15, 0.2) is 77.7 Å². The molecule has 0 saturated heterocycles. The molecule has 0 bridgehead atoms. The van der Waals surface area contributed by atoms with Crippen LogP contribution in [0, 0.1) is 6.92 Å². The highest BCUT2D eigenvalue weighted by Crippen LogP contribution is 2.32. The van der Waals surface area contributed by atoms with Gasteiger partial charge in [0.2, 0.25) is 5.91 Å². The van der Waals surface area contributed by atoms with Crippen LogP contribution < -0.4 is 23.8 Å². The Bertz CT molecular complexity index is 1230. The molecule has 1 unspecified atom stereocenters. The largest absolute Gasteiger partial charge is 0.493 e. The minimum atomic E-state index is -4.10. The molecular weight excluding hydrogens is 468 g/mol. The first-order chi connectivity index (χ1) is 16.7. The van der Waals surface area contributed by atoms with Crippen molar-refractivity contribution in [2.75, 3.05) is 31.7 Å². The second kappa shape index (κ2) is 11.6. The number of hydrogen-bond donors (Lipinski definition) is 1. The average Bonchev–Trinajstić information content (AvgIpc) is 2.86. The third-order valence-corrected chi connectivity index (χ3v) is 6.97. The lowest BCUT2D eigenvalue weighted by atomic mass is 10.2. The summed E-state index contributed by atoms with van der Waals surface area (Å²) in [7, 11) is -1.20. The number of nitrogens with one attached hydrogen (secondary N) is 1. The van der Waals surface area contributed by atoms with Gasteiger partial charge in [-0.1, -0.05) is 35.9 Å². The zero-order valence-electron chi connectivity index (χ0n) is 20.2. The van der Waals surface area contributed by atoms with Crippen molar-refractivity contribution in [3.63, 3.8) is 0 Å². The zero-order chi connectivity index (χ0) is 25.4. The van der Waals surface area contributed by atoms with Crippen LogP contribution in [0.5, 0.6) is 17.2 Å². The van der Waals surface area contributed by atoms with Gasteiger partial charge < -0.3 is 19.5 Å². The topological polar surface area (TPSA) is 94.2 Å². The molecule has 35 heavy (non-hydrogen) atoms. The lowest BCUT2D eigenvalue weighted by Gasteiger charge is -2.25. The van der Waals surface area contributed by atoms with Crippen LogP contribution in [-0.4, -0.2) is 47.7 Å². The number of carbonyl (C=O) groups excluding carboxylic acids is 1. The Morgan fingerprint density at radius 2 is 1.60 bits per heavy atom. The van der Waals surface area contributed by atoms with Crippen LogP contribution in [0.25, 0.3) is 0 Å². The Hall–Kier alpha value is -3.72. The number of anilines is 1. The van der Waals surface area contributed by atoms with Crippen LogP contribution in [0.4, 0.5) is 5.69 Å². The lowest BCUT2D eigenvalue weighted by molar-refractivity contribution is -0.120. The maximum Gasteiger partial charge on any atom is 0.264 e. The molecular formula is C26H30N2O6S. The molecule has 1 amide bonds. The van der Waals surface area contributed by atoms with Crippen molar-refractivity contribution in [2.45, 2.75) is 24.8 Å². The van der Waals surface area contributed by atoms with Gasteiger partial charge in [-0.05, 0) is 50.2 Å². The summed E-state index contributed by atoms with van der Waals surface area (Å²) in [4.78, 5) is 12.9. The summed E-state index contributed by atoms with van der Waals surface area (Å²) in [5.74, 6) is 0.905. The van der Waals surface area contributed by atoms with Gasteiger partial charge in [0.25, 0.3) is 10.0 Å². The molecule has 9 heteroatoms. The van der Waals surface area contributed by atoms with Crippen LogP contribution >= 0.6 is 0 Å². The number of para-hydroxylation sites is 1. The summed E-state index contributed by atoms with van der Waals surface area (Å²) < 4.78 is 44.4. The van der Waals surface area contributed by atoms with Crippen molar-refractivity contribution in [3.05, 3.63) is 78.4 Å². The number of sulfonamides is 1. The van der Waals surface area contributed by atoms with E-state index in [1.165, 1.54) is 32.4 Å². The number of benzene rings is 3. The predicted molar refractivity (Wildman–Crippen MR) is 135 cm³/mol. The number of carbonyl (C=O) groups is 1. The van der Waals surface area contributed by atoms with Crippen molar-refractivity contribution >= 4 is 21.6 Å². The molecule has 3 aromatic carbocycles. The van der Waals surface area contributed by atoms with E-state index in [2.05, 4.69) is 5.32 Å². The molecule has 0 aromatic heterocycles. The van der Waals surface area contributed by atoms with Crippen LogP contribution in [-0.2, 0) is 14.8 Å².